The predicted octanol–water partition coefficient (Wildman–Crippen LogP) is 8.15. The second-order valence-corrected chi connectivity index (χ2v) is 10.4. The summed E-state index contributed by atoms with van der Waals surface area (Å²) in [5.41, 5.74) is -3.67. The van der Waals surface area contributed by atoms with Crippen LogP contribution in [0.5, 0.6) is 0 Å². The molecule has 0 fully saturated rings. The van der Waals surface area contributed by atoms with Gasteiger partial charge in [-0.25, -0.2) is 0 Å². The third kappa shape index (κ3) is 13.1. The van der Waals surface area contributed by atoms with Gasteiger partial charge < -0.3 is 6.92 Å². The second-order valence-electron chi connectivity index (χ2n) is 8.65. The van der Waals surface area contributed by atoms with Crippen molar-refractivity contribution in [2.45, 2.75) is 70.6 Å². The van der Waals surface area contributed by atoms with Crippen LogP contribution in [0.4, 0.5) is 30.7 Å². The topological polar surface area (TPSA) is 17.1 Å². The zero-order chi connectivity index (χ0) is 30.5. The molecule has 0 aromatic heterocycles. The summed E-state index contributed by atoms with van der Waals surface area (Å²) in [5.74, 6) is 0. The molecule has 0 aliphatic heterocycles. The second kappa shape index (κ2) is 17.9. The summed E-state index contributed by atoms with van der Waals surface area (Å²) in [7, 11) is -1.00. The van der Waals surface area contributed by atoms with Crippen molar-refractivity contribution in [1.82, 2.24) is 0 Å². The fourth-order valence-electron chi connectivity index (χ4n) is 2.28. The molecule has 0 saturated heterocycles. The zero-order valence-corrected chi connectivity index (χ0v) is 25.2. The van der Waals surface area contributed by atoms with E-state index in [-0.39, 0.29) is 45.6 Å². The average Bonchev–Trinajstić information content (AvgIpc) is 2.77. The number of unbranched alkanes of at least 4 members (excludes halogenated alkanes) is 1. The first-order valence-corrected chi connectivity index (χ1v) is 12.2. The van der Waals surface area contributed by atoms with Gasteiger partial charge in [0.25, 0.3) is 0 Å². The summed E-state index contributed by atoms with van der Waals surface area (Å²) in [6.45, 7) is 10.1. The smallest absolute Gasteiger partial charge is 0.343 e. The molecular weight excluding hydrogens is 619 g/mol. The Balaban J connectivity index is -0.000000526. The van der Waals surface area contributed by atoms with Crippen LogP contribution < -0.4 is 18.9 Å². The van der Waals surface area contributed by atoms with Crippen molar-refractivity contribution in [3.05, 3.63) is 74.5 Å². The van der Waals surface area contributed by atoms with E-state index in [0.717, 1.165) is 34.1 Å². The molecular formula is C26H31BrCl2F7LiO. The number of hydrogen-bond donors (Lipinski definition) is 0. The summed E-state index contributed by atoms with van der Waals surface area (Å²) < 4.78 is 92.5. The fourth-order valence-corrected chi connectivity index (χ4v) is 3.39. The number of rotatable bonds is 4. The minimum absolute atomic E-state index is 0. The van der Waals surface area contributed by atoms with Crippen LogP contribution in [0.15, 0.2) is 40.9 Å². The maximum absolute atomic E-state index is 12.8. The summed E-state index contributed by atoms with van der Waals surface area (Å²) in [6, 6.07) is 8.07. The third-order valence-electron chi connectivity index (χ3n) is 5.13. The molecule has 38 heavy (non-hydrogen) atoms. The van der Waals surface area contributed by atoms with Crippen LogP contribution in [0, 0.1) is 6.92 Å². The summed E-state index contributed by atoms with van der Waals surface area (Å²) in [4.78, 5) is 10.5. The zero-order valence-electron chi connectivity index (χ0n) is 23.1. The molecule has 2 aromatic rings. The molecule has 1 nitrogen and oxygen atoms in total. The van der Waals surface area contributed by atoms with Crippen molar-refractivity contribution in [1.29, 1.82) is 0 Å². The Morgan fingerprint density at radius 2 is 1.21 bits per heavy atom. The summed E-state index contributed by atoms with van der Waals surface area (Å²) in [6.07, 6.45) is -5.93. The molecule has 0 radical (unpaired) electrons. The molecule has 0 atom stereocenters. The number of carbonyl (C=O) groups excluding carboxylic acids is 1. The first kappa shape index (κ1) is 39.4. The fraction of sp³-hybridized carbons (Fsp3) is 0.462. The number of carbonyl (C=O) groups is 1. The molecule has 0 amide bonds. The molecule has 212 valence electrons. The summed E-state index contributed by atoms with van der Waals surface area (Å²) in [5, 5.41) is 0.411. The molecule has 0 aliphatic rings. The van der Waals surface area contributed by atoms with E-state index in [1.165, 1.54) is 36.8 Å². The number of hydrogen-bond acceptors (Lipinski definition) is 1. The Labute approximate surface area is 252 Å². The standard InChI is InChI=1S/C11H10ClF3O.C10H9BrClF3.C4H9.CH3F.Li/c1-10(2,11(13,14)15)8-3-7(6-16)4-9(12)5-8;1-9(2,10(13,14)15)6-3-7(11)5-8(12)4-6;1-3-4-2;1-2;/h3-6H,1-2H3;3-5H,1-2H3;1,3-4H2,2H3;1H3;/q;;-1;;+1/i;;;1D;. The van der Waals surface area contributed by atoms with E-state index in [1.54, 1.807) is 6.07 Å². The molecule has 2 aromatic carbocycles. The number of benzene rings is 2. The van der Waals surface area contributed by atoms with Gasteiger partial charge >= 0.3 is 31.2 Å². The van der Waals surface area contributed by atoms with E-state index in [0.29, 0.717) is 10.8 Å². The van der Waals surface area contributed by atoms with E-state index >= 15 is 0 Å². The average molecular weight is 651 g/mol. The Morgan fingerprint density at radius 3 is 1.50 bits per heavy atom. The van der Waals surface area contributed by atoms with Crippen molar-refractivity contribution in [3.8, 4) is 0 Å². The molecule has 0 bridgehead atoms. The molecule has 0 N–H and O–H groups in total. The number of alkyl halides is 7. The van der Waals surface area contributed by atoms with Crippen molar-refractivity contribution in [3.63, 3.8) is 0 Å². The molecule has 2 rings (SSSR count). The van der Waals surface area contributed by atoms with Crippen LogP contribution in [0.1, 0.15) is 70.3 Å². The van der Waals surface area contributed by atoms with E-state index < -0.39 is 30.3 Å². The Bertz CT molecular complexity index is 979. The molecule has 0 unspecified atom stereocenters. The van der Waals surface area contributed by atoms with Gasteiger partial charge in [0.05, 0.1) is 19.4 Å². The minimum Gasteiger partial charge on any atom is -0.343 e. The van der Waals surface area contributed by atoms with Gasteiger partial charge in [0.1, 0.15) is 6.29 Å². The van der Waals surface area contributed by atoms with Gasteiger partial charge in [0, 0.05) is 20.1 Å². The normalized spacial score (nSPS) is 11.7. The van der Waals surface area contributed by atoms with Gasteiger partial charge in [-0.15, -0.1) is 0 Å². The Kier molecular flexibility index (Phi) is 18.5. The maximum atomic E-state index is 12.8. The van der Waals surface area contributed by atoms with E-state index in [4.69, 9.17) is 24.6 Å². The van der Waals surface area contributed by atoms with Crippen LogP contribution >= 0.6 is 39.1 Å². The number of aldehydes is 1. The monoisotopic (exact) mass is 649 g/mol. The Morgan fingerprint density at radius 1 is 0.868 bits per heavy atom. The Hall–Kier alpha value is -0.723. The van der Waals surface area contributed by atoms with Gasteiger partial charge in [-0.05, 0) is 75.2 Å². The SMILES string of the molecule is CC(C)(c1cc(Cl)cc(Br)c1)C(F)(F)F.CC(C)(c1cc(Cl)cc(C=O)c1)C(F)(F)F.[2H]CF.[CH2-]CCC.[Li+]. The molecule has 0 spiro atoms. The van der Waals surface area contributed by atoms with Crippen molar-refractivity contribution >= 4 is 45.4 Å². The first-order chi connectivity index (χ1) is 17.2. The van der Waals surface area contributed by atoms with Gasteiger partial charge in [0.2, 0.25) is 0 Å². The van der Waals surface area contributed by atoms with Crippen molar-refractivity contribution < 1.29 is 55.8 Å². The van der Waals surface area contributed by atoms with E-state index in [9.17, 15) is 35.5 Å². The van der Waals surface area contributed by atoms with Crippen LogP contribution in [0.2, 0.25) is 10.0 Å². The number of halogens is 10. The van der Waals surface area contributed by atoms with E-state index in [1.807, 2.05) is 0 Å². The van der Waals surface area contributed by atoms with Crippen molar-refractivity contribution in [2.75, 3.05) is 7.15 Å². The minimum atomic E-state index is -4.39. The van der Waals surface area contributed by atoms with E-state index in [2.05, 4.69) is 29.8 Å². The third-order valence-corrected chi connectivity index (χ3v) is 6.03. The molecule has 0 aliphatic carbocycles. The molecule has 12 heteroatoms. The largest absolute Gasteiger partial charge is 1.00 e. The first-order valence-electron chi connectivity index (χ1n) is 11.4. The van der Waals surface area contributed by atoms with Crippen LogP contribution in [0.25, 0.3) is 0 Å². The van der Waals surface area contributed by atoms with Gasteiger partial charge in [-0.2, -0.15) is 32.8 Å². The van der Waals surface area contributed by atoms with Crippen LogP contribution in [-0.4, -0.2) is 25.8 Å². The van der Waals surface area contributed by atoms with Gasteiger partial charge in [0.15, 0.2) is 0 Å². The maximum Gasteiger partial charge on any atom is 1.00 e. The van der Waals surface area contributed by atoms with Crippen LogP contribution in [0.3, 0.4) is 0 Å². The molecule has 0 saturated carbocycles. The quantitative estimate of drug-likeness (QED) is 0.141. The predicted molar refractivity (Wildman–Crippen MR) is 141 cm³/mol. The van der Waals surface area contributed by atoms with Crippen LogP contribution in [-0.2, 0) is 10.8 Å². The molecule has 0 heterocycles. The van der Waals surface area contributed by atoms with Gasteiger partial charge in [-0.1, -0.05) is 52.5 Å². The summed E-state index contributed by atoms with van der Waals surface area (Å²) >= 11 is 14.5. The van der Waals surface area contributed by atoms with Gasteiger partial charge in [-0.3, -0.25) is 9.18 Å². The van der Waals surface area contributed by atoms with Crippen molar-refractivity contribution in [2.24, 2.45) is 0 Å².